The van der Waals surface area contributed by atoms with Crippen LogP contribution in [0.1, 0.15) is 17.4 Å². The lowest BCUT2D eigenvalue weighted by atomic mass is 10.1. The summed E-state index contributed by atoms with van der Waals surface area (Å²) >= 11 is 0. The Hall–Kier alpha value is -3.06. The van der Waals surface area contributed by atoms with Crippen molar-refractivity contribution in [3.05, 3.63) is 76.1 Å². The van der Waals surface area contributed by atoms with Gasteiger partial charge in [-0.1, -0.05) is 42.5 Å². The molecule has 0 unspecified atom stereocenters. The fourth-order valence-electron chi connectivity index (χ4n) is 2.35. The van der Waals surface area contributed by atoms with Crippen molar-refractivity contribution in [3.63, 3.8) is 0 Å². The number of nitro benzene ring substituents is 1. The maximum absolute atomic E-state index is 11.1. The van der Waals surface area contributed by atoms with Crippen LogP contribution in [0.3, 0.4) is 0 Å². The first-order valence-corrected chi connectivity index (χ1v) is 7.11. The summed E-state index contributed by atoms with van der Waals surface area (Å²) in [5.74, 6) is 0.776. The zero-order valence-corrected chi connectivity index (χ0v) is 12.2. The van der Waals surface area contributed by atoms with Crippen LogP contribution in [0.25, 0.3) is 11.4 Å². The third-order valence-electron chi connectivity index (χ3n) is 3.49. The number of rotatable bonds is 5. The van der Waals surface area contributed by atoms with Crippen LogP contribution in [0.15, 0.2) is 54.6 Å². The summed E-state index contributed by atoms with van der Waals surface area (Å²) in [4.78, 5) is 15.0. The van der Waals surface area contributed by atoms with Crippen LogP contribution in [-0.4, -0.2) is 20.1 Å². The Morgan fingerprint density at radius 1 is 1.13 bits per heavy atom. The van der Waals surface area contributed by atoms with E-state index < -0.39 is 4.92 Å². The number of nitrogens with zero attached hydrogens (tertiary/aromatic N) is 3. The molecular formula is C16H15N5O2. The smallest absolute Gasteiger partial charge is 0.280 e. The molecule has 0 aliphatic carbocycles. The van der Waals surface area contributed by atoms with Gasteiger partial charge >= 0.3 is 0 Å². The zero-order chi connectivity index (χ0) is 16.2. The van der Waals surface area contributed by atoms with Gasteiger partial charge in [0.25, 0.3) is 5.69 Å². The summed E-state index contributed by atoms with van der Waals surface area (Å²) < 4.78 is 0. The molecule has 1 atom stereocenters. The van der Waals surface area contributed by atoms with Crippen molar-refractivity contribution < 1.29 is 4.92 Å². The van der Waals surface area contributed by atoms with Gasteiger partial charge in [-0.15, -0.1) is 0 Å². The molecule has 0 aliphatic rings. The molecule has 7 heteroatoms. The van der Waals surface area contributed by atoms with E-state index in [2.05, 4.69) is 15.2 Å². The average molecular weight is 309 g/mol. The second-order valence-electron chi connectivity index (χ2n) is 5.11. The fraction of sp³-hybridized carbons (Fsp3) is 0.125. The summed E-state index contributed by atoms with van der Waals surface area (Å²) in [6, 6.07) is 15.8. The van der Waals surface area contributed by atoms with Gasteiger partial charge in [-0.3, -0.25) is 15.2 Å². The molecule has 0 amide bonds. The predicted molar refractivity (Wildman–Crippen MR) is 85.5 cm³/mol. The SMILES string of the molecule is N[C@@H](Cc1ccccc1)c1nc(-c2ccccc2[N+](=O)[O-])n[nH]1. The van der Waals surface area contributed by atoms with Gasteiger partial charge in [-0.2, -0.15) is 5.10 Å². The quantitative estimate of drug-likeness (QED) is 0.556. The number of H-pyrrole nitrogens is 1. The monoisotopic (exact) mass is 309 g/mol. The molecule has 3 N–H and O–H groups in total. The van der Waals surface area contributed by atoms with Crippen LogP contribution in [0, 0.1) is 10.1 Å². The highest BCUT2D eigenvalue weighted by Crippen LogP contribution is 2.27. The zero-order valence-electron chi connectivity index (χ0n) is 12.2. The van der Waals surface area contributed by atoms with Crippen molar-refractivity contribution in [1.29, 1.82) is 0 Å². The first-order chi connectivity index (χ1) is 11.1. The number of hydrogen-bond donors (Lipinski definition) is 2. The first kappa shape index (κ1) is 14.9. The molecule has 0 fully saturated rings. The van der Waals surface area contributed by atoms with Crippen molar-refractivity contribution >= 4 is 5.69 Å². The lowest BCUT2D eigenvalue weighted by Crippen LogP contribution is -2.15. The van der Waals surface area contributed by atoms with Gasteiger partial charge in [0.2, 0.25) is 0 Å². The maximum atomic E-state index is 11.1. The van der Waals surface area contributed by atoms with Gasteiger partial charge in [0, 0.05) is 6.07 Å². The highest BCUT2D eigenvalue weighted by atomic mass is 16.6. The summed E-state index contributed by atoms with van der Waals surface area (Å²) in [6.45, 7) is 0. The molecule has 0 aliphatic heterocycles. The van der Waals surface area contributed by atoms with E-state index in [4.69, 9.17) is 5.73 Å². The fourth-order valence-corrected chi connectivity index (χ4v) is 2.35. The van der Waals surface area contributed by atoms with Crippen LogP contribution < -0.4 is 5.73 Å². The minimum atomic E-state index is -0.449. The average Bonchev–Trinajstić information content (AvgIpc) is 3.06. The number of benzene rings is 2. The molecular weight excluding hydrogens is 294 g/mol. The Kier molecular flexibility index (Phi) is 4.11. The topological polar surface area (TPSA) is 111 Å². The van der Waals surface area contributed by atoms with Gasteiger partial charge in [0.1, 0.15) is 5.82 Å². The summed E-state index contributed by atoms with van der Waals surface area (Å²) in [5.41, 5.74) is 7.57. The van der Waals surface area contributed by atoms with Gasteiger partial charge in [0.15, 0.2) is 5.82 Å². The van der Waals surface area contributed by atoms with E-state index in [1.165, 1.54) is 6.07 Å². The minimum Gasteiger partial charge on any atom is -0.321 e. The normalized spacial score (nSPS) is 12.0. The Labute approximate surface area is 132 Å². The Bertz CT molecular complexity index is 816. The number of para-hydroxylation sites is 1. The van der Waals surface area contributed by atoms with E-state index >= 15 is 0 Å². The molecule has 2 aromatic carbocycles. The van der Waals surface area contributed by atoms with E-state index in [-0.39, 0.29) is 17.6 Å². The van der Waals surface area contributed by atoms with Crippen molar-refractivity contribution in [3.8, 4) is 11.4 Å². The Morgan fingerprint density at radius 2 is 1.83 bits per heavy atom. The van der Waals surface area contributed by atoms with E-state index in [0.29, 0.717) is 17.8 Å². The third kappa shape index (κ3) is 3.24. The first-order valence-electron chi connectivity index (χ1n) is 7.11. The van der Waals surface area contributed by atoms with Crippen molar-refractivity contribution in [2.45, 2.75) is 12.5 Å². The number of nitro groups is 1. The largest absolute Gasteiger partial charge is 0.321 e. The highest BCUT2D eigenvalue weighted by molar-refractivity contribution is 5.67. The second-order valence-corrected chi connectivity index (χ2v) is 5.11. The van der Waals surface area contributed by atoms with Crippen molar-refractivity contribution in [2.75, 3.05) is 0 Å². The lowest BCUT2D eigenvalue weighted by molar-refractivity contribution is -0.384. The van der Waals surface area contributed by atoms with Crippen LogP contribution in [0.5, 0.6) is 0 Å². The molecule has 3 rings (SSSR count). The van der Waals surface area contributed by atoms with Gasteiger partial charge in [-0.05, 0) is 18.1 Å². The van der Waals surface area contributed by atoms with Crippen molar-refractivity contribution in [1.82, 2.24) is 15.2 Å². The Balaban J connectivity index is 1.85. The van der Waals surface area contributed by atoms with E-state index in [1.807, 2.05) is 30.3 Å². The maximum Gasteiger partial charge on any atom is 0.280 e. The van der Waals surface area contributed by atoms with Gasteiger partial charge in [0.05, 0.1) is 16.5 Å². The van der Waals surface area contributed by atoms with Crippen LogP contribution in [0.2, 0.25) is 0 Å². The van der Waals surface area contributed by atoms with E-state index in [9.17, 15) is 10.1 Å². The Morgan fingerprint density at radius 3 is 2.57 bits per heavy atom. The van der Waals surface area contributed by atoms with Gasteiger partial charge in [-0.25, -0.2) is 4.98 Å². The van der Waals surface area contributed by atoms with Crippen LogP contribution >= 0.6 is 0 Å². The molecule has 116 valence electrons. The molecule has 1 aromatic heterocycles. The summed E-state index contributed by atoms with van der Waals surface area (Å²) in [5, 5.41) is 17.9. The molecule has 3 aromatic rings. The minimum absolute atomic E-state index is 0.0327. The second kappa shape index (κ2) is 6.37. The molecule has 0 radical (unpaired) electrons. The number of aromatic nitrogens is 3. The molecule has 0 spiro atoms. The molecule has 0 saturated carbocycles. The van der Waals surface area contributed by atoms with Crippen molar-refractivity contribution in [2.24, 2.45) is 5.73 Å². The number of nitrogens with one attached hydrogen (secondary N) is 1. The number of hydrogen-bond acceptors (Lipinski definition) is 5. The third-order valence-corrected chi connectivity index (χ3v) is 3.49. The molecule has 7 nitrogen and oxygen atoms in total. The predicted octanol–water partition coefficient (Wildman–Crippen LogP) is 2.62. The van der Waals surface area contributed by atoms with Crippen LogP contribution in [0.4, 0.5) is 5.69 Å². The number of nitrogens with two attached hydrogens (primary N) is 1. The summed E-state index contributed by atoms with van der Waals surface area (Å²) in [7, 11) is 0. The molecule has 23 heavy (non-hydrogen) atoms. The summed E-state index contributed by atoms with van der Waals surface area (Å²) in [6.07, 6.45) is 0.604. The van der Waals surface area contributed by atoms with Gasteiger partial charge < -0.3 is 5.73 Å². The standard InChI is InChI=1S/C16H15N5O2/c17-13(10-11-6-2-1-3-7-11)16-18-15(19-20-16)12-8-4-5-9-14(12)21(22)23/h1-9,13H,10,17H2,(H,18,19,20)/t13-/m0/s1. The molecule has 0 saturated heterocycles. The molecule has 1 heterocycles. The highest BCUT2D eigenvalue weighted by Gasteiger charge is 2.19. The van der Waals surface area contributed by atoms with E-state index in [1.54, 1.807) is 18.2 Å². The van der Waals surface area contributed by atoms with Crippen LogP contribution in [-0.2, 0) is 6.42 Å². The molecule has 0 bridgehead atoms. The van der Waals surface area contributed by atoms with E-state index in [0.717, 1.165) is 5.56 Å². The lowest BCUT2D eigenvalue weighted by Gasteiger charge is -2.07. The number of aromatic amines is 1.